The number of para-hydroxylation sites is 1. The molecule has 0 spiro atoms. The first-order valence-corrected chi connectivity index (χ1v) is 10.0. The molecule has 0 saturated carbocycles. The number of amides is 2. The van der Waals surface area contributed by atoms with Gasteiger partial charge in [0.25, 0.3) is 0 Å². The number of hydrogen-bond donors (Lipinski definition) is 2. The summed E-state index contributed by atoms with van der Waals surface area (Å²) in [6.45, 7) is 0.548. The van der Waals surface area contributed by atoms with Gasteiger partial charge in [0.2, 0.25) is 11.8 Å². The Balaban J connectivity index is 1.66. The molecule has 7 heteroatoms. The molecule has 0 aliphatic carbocycles. The van der Waals surface area contributed by atoms with Crippen LogP contribution in [0, 0.1) is 0 Å². The van der Waals surface area contributed by atoms with Gasteiger partial charge in [-0.25, -0.2) is 0 Å². The molecule has 2 amide bonds. The molecule has 2 N–H and O–H groups in total. The minimum absolute atomic E-state index is 0.0923. The maximum Gasteiger partial charge on any atom is 0.247 e. The SMILES string of the molecule is O=C(Nc1ccc(Cl)cc1Cl)C1CCCCN1C(=O)CCc1ccccc1O. The zero-order valence-electron chi connectivity index (χ0n) is 15.3. The second-order valence-electron chi connectivity index (χ2n) is 6.84. The Bertz CT molecular complexity index is 872. The van der Waals surface area contributed by atoms with Gasteiger partial charge in [0.15, 0.2) is 0 Å². The molecular formula is C21H22Cl2N2O3. The van der Waals surface area contributed by atoms with Crippen molar-refractivity contribution in [3.8, 4) is 5.75 Å². The molecule has 148 valence electrons. The van der Waals surface area contributed by atoms with Crippen molar-refractivity contribution in [1.29, 1.82) is 0 Å². The van der Waals surface area contributed by atoms with Crippen molar-refractivity contribution < 1.29 is 14.7 Å². The Morgan fingerprint density at radius 2 is 1.93 bits per heavy atom. The van der Waals surface area contributed by atoms with Crippen molar-refractivity contribution in [2.75, 3.05) is 11.9 Å². The number of likely N-dealkylation sites (tertiary alicyclic amines) is 1. The number of piperidine rings is 1. The molecule has 1 heterocycles. The van der Waals surface area contributed by atoms with Crippen LogP contribution in [-0.2, 0) is 16.0 Å². The van der Waals surface area contributed by atoms with Gasteiger partial charge in [-0.2, -0.15) is 0 Å². The average molecular weight is 421 g/mol. The van der Waals surface area contributed by atoms with Crippen LogP contribution in [0.3, 0.4) is 0 Å². The molecule has 2 aromatic carbocycles. The van der Waals surface area contributed by atoms with Gasteiger partial charge in [-0.05, 0) is 55.5 Å². The predicted molar refractivity (Wildman–Crippen MR) is 111 cm³/mol. The number of phenolic OH excluding ortho intramolecular Hbond substituents is 1. The first-order chi connectivity index (χ1) is 13.5. The summed E-state index contributed by atoms with van der Waals surface area (Å²) in [5, 5.41) is 13.5. The van der Waals surface area contributed by atoms with Crippen molar-refractivity contribution in [1.82, 2.24) is 4.90 Å². The lowest BCUT2D eigenvalue weighted by atomic mass is 9.99. The number of phenols is 1. The summed E-state index contributed by atoms with van der Waals surface area (Å²) < 4.78 is 0. The number of benzene rings is 2. The van der Waals surface area contributed by atoms with E-state index in [-0.39, 0.29) is 24.0 Å². The van der Waals surface area contributed by atoms with E-state index in [1.807, 2.05) is 6.07 Å². The molecule has 1 aliphatic rings. The van der Waals surface area contributed by atoms with E-state index in [0.29, 0.717) is 35.1 Å². The largest absolute Gasteiger partial charge is 0.508 e. The van der Waals surface area contributed by atoms with Crippen LogP contribution in [0.15, 0.2) is 42.5 Å². The summed E-state index contributed by atoms with van der Waals surface area (Å²) in [5.74, 6) is -0.161. The van der Waals surface area contributed by atoms with E-state index in [0.717, 1.165) is 18.4 Å². The Hall–Kier alpha value is -2.24. The average Bonchev–Trinajstić information content (AvgIpc) is 2.69. The molecular weight excluding hydrogens is 399 g/mol. The third-order valence-electron chi connectivity index (χ3n) is 4.91. The van der Waals surface area contributed by atoms with Crippen LogP contribution < -0.4 is 5.32 Å². The summed E-state index contributed by atoms with van der Waals surface area (Å²) in [5.41, 5.74) is 1.20. The smallest absolute Gasteiger partial charge is 0.247 e. The van der Waals surface area contributed by atoms with Crippen LogP contribution >= 0.6 is 23.2 Å². The lowest BCUT2D eigenvalue weighted by molar-refractivity contribution is -0.140. The molecule has 1 unspecified atom stereocenters. The van der Waals surface area contributed by atoms with Crippen LogP contribution in [0.2, 0.25) is 10.0 Å². The zero-order valence-corrected chi connectivity index (χ0v) is 16.8. The molecule has 2 aromatic rings. The van der Waals surface area contributed by atoms with E-state index in [1.54, 1.807) is 41.3 Å². The maximum absolute atomic E-state index is 12.8. The van der Waals surface area contributed by atoms with E-state index in [1.165, 1.54) is 0 Å². The predicted octanol–water partition coefficient (Wildman–Crippen LogP) is 4.65. The topological polar surface area (TPSA) is 69.6 Å². The molecule has 1 aliphatic heterocycles. The third kappa shape index (κ3) is 4.97. The van der Waals surface area contributed by atoms with Crippen molar-refractivity contribution in [3.05, 3.63) is 58.1 Å². The molecule has 1 fully saturated rings. The van der Waals surface area contributed by atoms with Gasteiger partial charge in [0.1, 0.15) is 11.8 Å². The summed E-state index contributed by atoms with van der Waals surface area (Å²) in [6, 6.07) is 11.3. The highest BCUT2D eigenvalue weighted by molar-refractivity contribution is 6.36. The number of carbonyl (C=O) groups is 2. The second kappa shape index (κ2) is 9.30. The Labute approximate surface area is 174 Å². The first-order valence-electron chi connectivity index (χ1n) is 9.28. The van der Waals surface area contributed by atoms with E-state index < -0.39 is 6.04 Å². The van der Waals surface area contributed by atoms with Crippen molar-refractivity contribution in [2.24, 2.45) is 0 Å². The summed E-state index contributed by atoms with van der Waals surface area (Å²) in [4.78, 5) is 27.2. The molecule has 1 saturated heterocycles. The molecule has 0 aromatic heterocycles. The zero-order chi connectivity index (χ0) is 20.1. The summed E-state index contributed by atoms with van der Waals surface area (Å²) >= 11 is 12.0. The van der Waals surface area contributed by atoms with Crippen molar-refractivity contribution in [2.45, 2.75) is 38.1 Å². The number of halogens is 2. The molecule has 28 heavy (non-hydrogen) atoms. The first kappa shape index (κ1) is 20.5. The van der Waals surface area contributed by atoms with Crippen LogP contribution in [0.4, 0.5) is 5.69 Å². The number of nitrogens with one attached hydrogen (secondary N) is 1. The highest BCUT2D eigenvalue weighted by Crippen LogP contribution is 2.27. The normalized spacial score (nSPS) is 16.6. The highest BCUT2D eigenvalue weighted by atomic mass is 35.5. The Kier molecular flexibility index (Phi) is 6.81. The van der Waals surface area contributed by atoms with E-state index in [2.05, 4.69) is 5.32 Å². The number of anilines is 1. The molecule has 3 rings (SSSR count). The van der Waals surface area contributed by atoms with Gasteiger partial charge in [-0.15, -0.1) is 0 Å². The summed E-state index contributed by atoms with van der Waals surface area (Å²) in [7, 11) is 0. The van der Waals surface area contributed by atoms with Gasteiger partial charge in [0.05, 0.1) is 10.7 Å². The molecule has 5 nitrogen and oxygen atoms in total. The maximum atomic E-state index is 12.8. The van der Waals surface area contributed by atoms with Crippen molar-refractivity contribution in [3.63, 3.8) is 0 Å². The standard InChI is InChI=1S/C21H22Cl2N2O3/c22-15-9-10-17(16(23)13-15)24-21(28)18-6-3-4-12-25(18)20(27)11-8-14-5-1-2-7-19(14)26/h1-2,5,7,9-10,13,18,26H,3-4,6,8,11-12H2,(H,24,28). The minimum Gasteiger partial charge on any atom is -0.508 e. The highest BCUT2D eigenvalue weighted by Gasteiger charge is 2.32. The molecule has 0 bridgehead atoms. The van der Waals surface area contributed by atoms with Gasteiger partial charge < -0.3 is 15.3 Å². The fourth-order valence-corrected chi connectivity index (χ4v) is 3.87. The van der Waals surface area contributed by atoms with E-state index in [4.69, 9.17) is 23.2 Å². The van der Waals surface area contributed by atoms with Gasteiger partial charge in [-0.3, -0.25) is 9.59 Å². The molecule has 1 atom stereocenters. The van der Waals surface area contributed by atoms with E-state index >= 15 is 0 Å². The number of carbonyl (C=O) groups excluding carboxylic acids is 2. The number of hydrogen-bond acceptors (Lipinski definition) is 3. The quantitative estimate of drug-likeness (QED) is 0.739. The van der Waals surface area contributed by atoms with Crippen LogP contribution in [0.5, 0.6) is 5.75 Å². The lowest BCUT2D eigenvalue weighted by Gasteiger charge is -2.35. The minimum atomic E-state index is -0.530. The van der Waals surface area contributed by atoms with Crippen LogP contribution in [0.25, 0.3) is 0 Å². The van der Waals surface area contributed by atoms with Gasteiger partial charge in [0, 0.05) is 18.0 Å². The monoisotopic (exact) mass is 420 g/mol. The van der Waals surface area contributed by atoms with Gasteiger partial charge in [-0.1, -0.05) is 41.4 Å². The number of aryl methyl sites for hydroxylation is 1. The Morgan fingerprint density at radius 1 is 1.14 bits per heavy atom. The van der Waals surface area contributed by atoms with E-state index in [9.17, 15) is 14.7 Å². The van der Waals surface area contributed by atoms with Crippen molar-refractivity contribution >= 4 is 40.7 Å². The second-order valence-corrected chi connectivity index (χ2v) is 7.68. The Morgan fingerprint density at radius 3 is 2.68 bits per heavy atom. The number of aromatic hydroxyl groups is 1. The number of rotatable bonds is 5. The summed E-state index contributed by atoms with van der Waals surface area (Å²) in [6.07, 6.45) is 3.03. The van der Waals surface area contributed by atoms with Gasteiger partial charge >= 0.3 is 0 Å². The molecule has 0 radical (unpaired) electrons. The fraction of sp³-hybridized carbons (Fsp3) is 0.333. The van der Waals surface area contributed by atoms with Crippen LogP contribution in [0.1, 0.15) is 31.2 Å². The lowest BCUT2D eigenvalue weighted by Crippen LogP contribution is -2.50. The fourth-order valence-electron chi connectivity index (χ4n) is 3.42. The number of nitrogens with zero attached hydrogens (tertiary/aromatic N) is 1. The third-order valence-corrected chi connectivity index (χ3v) is 5.46. The van der Waals surface area contributed by atoms with Crippen LogP contribution in [-0.4, -0.2) is 34.4 Å².